The number of amides is 1. The van der Waals surface area contributed by atoms with Crippen molar-refractivity contribution in [3.63, 3.8) is 0 Å². The first-order valence-corrected chi connectivity index (χ1v) is 11.3. The molecule has 164 valence electrons. The maximum atomic E-state index is 12.9. The van der Waals surface area contributed by atoms with Crippen LogP contribution >= 0.6 is 0 Å². The molecule has 0 bridgehead atoms. The molecular formula is C26H29N5O. The Hall–Kier alpha value is -3.12. The quantitative estimate of drug-likeness (QED) is 0.670. The van der Waals surface area contributed by atoms with Crippen LogP contribution in [-0.4, -0.2) is 40.5 Å². The van der Waals surface area contributed by atoms with Gasteiger partial charge in [0.05, 0.1) is 12.0 Å². The van der Waals surface area contributed by atoms with E-state index in [2.05, 4.69) is 78.5 Å². The number of nitrogens with zero attached hydrogens (tertiary/aromatic N) is 3. The van der Waals surface area contributed by atoms with Gasteiger partial charge >= 0.3 is 0 Å². The van der Waals surface area contributed by atoms with E-state index in [4.69, 9.17) is 4.98 Å². The van der Waals surface area contributed by atoms with Crippen molar-refractivity contribution >= 4 is 11.6 Å². The van der Waals surface area contributed by atoms with E-state index < -0.39 is 0 Å². The smallest absolute Gasteiger partial charge is 0.251 e. The van der Waals surface area contributed by atoms with Crippen LogP contribution in [0.5, 0.6) is 0 Å². The first kappa shape index (κ1) is 19.6. The maximum absolute atomic E-state index is 12.9. The summed E-state index contributed by atoms with van der Waals surface area (Å²) < 4.78 is 2.14. The van der Waals surface area contributed by atoms with Crippen molar-refractivity contribution in [3.8, 4) is 0 Å². The largest absolute Gasteiger partial charge is 0.377 e. The van der Waals surface area contributed by atoms with Crippen LogP contribution in [0.2, 0.25) is 0 Å². The third kappa shape index (κ3) is 2.50. The Morgan fingerprint density at radius 1 is 1.12 bits per heavy atom. The number of anilines is 1. The van der Waals surface area contributed by atoms with E-state index in [0.717, 1.165) is 23.6 Å². The van der Waals surface area contributed by atoms with Crippen molar-refractivity contribution in [3.05, 3.63) is 82.9 Å². The summed E-state index contributed by atoms with van der Waals surface area (Å²) in [6, 6.07) is 15.2. The van der Waals surface area contributed by atoms with Crippen molar-refractivity contribution in [2.75, 3.05) is 19.4 Å². The van der Waals surface area contributed by atoms with Gasteiger partial charge in [-0.05, 0) is 48.8 Å². The molecular weight excluding hydrogens is 398 g/mol. The first-order chi connectivity index (χ1) is 15.4. The summed E-state index contributed by atoms with van der Waals surface area (Å²) in [7, 11) is 6.25. The van der Waals surface area contributed by atoms with Crippen molar-refractivity contribution in [1.82, 2.24) is 19.8 Å². The average molecular weight is 428 g/mol. The molecule has 1 spiro atoms. The Balaban J connectivity index is 1.54. The summed E-state index contributed by atoms with van der Waals surface area (Å²) in [5.74, 6) is 1.55. The molecule has 1 saturated carbocycles. The summed E-state index contributed by atoms with van der Waals surface area (Å²) >= 11 is 0. The Kier molecular flexibility index (Phi) is 4.09. The van der Waals surface area contributed by atoms with E-state index in [0.29, 0.717) is 5.92 Å². The van der Waals surface area contributed by atoms with E-state index >= 15 is 0 Å². The lowest BCUT2D eigenvalue weighted by atomic mass is 9.68. The van der Waals surface area contributed by atoms with E-state index in [1.807, 2.05) is 24.5 Å². The SMILES string of the molecule is CC1C2NC(=O)c3cccc4c3C12C(c1nccn1C)C(c1ccc(CN(C)C)cc1)N4. The number of aromatic nitrogens is 2. The topological polar surface area (TPSA) is 62.2 Å². The predicted octanol–water partition coefficient (Wildman–Crippen LogP) is 3.43. The van der Waals surface area contributed by atoms with Crippen molar-refractivity contribution in [1.29, 1.82) is 0 Å². The van der Waals surface area contributed by atoms with Gasteiger partial charge in [-0.15, -0.1) is 0 Å². The van der Waals surface area contributed by atoms with Crippen LogP contribution < -0.4 is 10.6 Å². The minimum atomic E-state index is -0.156. The number of carbonyl (C=O) groups is 1. The number of hydrogen-bond acceptors (Lipinski definition) is 4. The van der Waals surface area contributed by atoms with Crippen LogP contribution in [0.3, 0.4) is 0 Å². The number of aryl methyl sites for hydroxylation is 1. The number of rotatable bonds is 4. The van der Waals surface area contributed by atoms with Crippen molar-refractivity contribution in [2.24, 2.45) is 13.0 Å². The Bertz CT molecular complexity index is 1210. The van der Waals surface area contributed by atoms with Gasteiger partial charge in [0.25, 0.3) is 5.91 Å². The van der Waals surface area contributed by atoms with Gasteiger partial charge in [0.1, 0.15) is 5.82 Å². The van der Waals surface area contributed by atoms with E-state index in [1.54, 1.807) is 0 Å². The molecule has 0 saturated heterocycles. The first-order valence-electron chi connectivity index (χ1n) is 11.3. The van der Waals surface area contributed by atoms with E-state index in [1.165, 1.54) is 16.7 Å². The Morgan fingerprint density at radius 2 is 1.91 bits per heavy atom. The summed E-state index contributed by atoms with van der Waals surface area (Å²) in [5.41, 5.74) is 5.45. The van der Waals surface area contributed by atoms with E-state index in [-0.39, 0.29) is 29.3 Å². The summed E-state index contributed by atoms with van der Waals surface area (Å²) in [6.07, 6.45) is 3.90. The number of benzene rings is 2. The predicted molar refractivity (Wildman–Crippen MR) is 125 cm³/mol. The van der Waals surface area contributed by atoms with Gasteiger partial charge in [-0.1, -0.05) is 37.3 Å². The second-order valence-corrected chi connectivity index (χ2v) is 9.88. The zero-order valence-electron chi connectivity index (χ0n) is 19.0. The maximum Gasteiger partial charge on any atom is 0.251 e. The molecule has 1 fully saturated rings. The lowest BCUT2D eigenvalue weighted by Gasteiger charge is -2.44. The fourth-order valence-electron chi connectivity index (χ4n) is 6.43. The highest BCUT2D eigenvalue weighted by Crippen LogP contribution is 2.70. The van der Waals surface area contributed by atoms with Gasteiger partial charge in [0.15, 0.2) is 0 Å². The zero-order valence-corrected chi connectivity index (χ0v) is 19.0. The summed E-state index contributed by atoms with van der Waals surface area (Å²) in [5, 5.41) is 7.14. The number of nitrogens with one attached hydrogen (secondary N) is 2. The van der Waals surface area contributed by atoms with Gasteiger partial charge < -0.3 is 20.1 Å². The lowest BCUT2D eigenvalue weighted by Crippen LogP contribution is -2.47. The van der Waals surface area contributed by atoms with Gasteiger partial charge in [0.2, 0.25) is 0 Å². The van der Waals surface area contributed by atoms with Gasteiger partial charge in [0, 0.05) is 48.7 Å². The molecule has 2 aliphatic heterocycles. The molecule has 3 heterocycles. The van der Waals surface area contributed by atoms with Gasteiger partial charge in [-0.2, -0.15) is 0 Å². The standard InChI is InChI=1S/C26H29N5O/c1-15-23-26(15)20-18(25(32)29-23)6-5-7-19(20)28-22(21(26)24-27-12-13-31(24)4)17-10-8-16(9-11-17)14-30(2)3/h5-13,15,21-23,28H,14H2,1-4H3,(H,29,32). The average Bonchev–Trinajstić information content (AvgIpc) is 3.11. The molecule has 6 nitrogen and oxygen atoms in total. The van der Waals surface area contributed by atoms with Crippen molar-refractivity contribution < 1.29 is 4.79 Å². The molecule has 32 heavy (non-hydrogen) atoms. The number of carbonyl (C=O) groups excluding carboxylic acids is 1. The zero-order chi connectivity index (χ0) is 22.2. The Morgan fingerprint density at radius 3 is 2.59 bits per heavy atom. The number of imidazole rings is 1. The fourth-order valence-corrected chi connectivity index (χ4v) is 6.43. The summed E-state index contributed by atoms with van der Waals surface area (Å²) in [6.45, 7) is 3.19. The van der Waals surface area contributed by atoms with Crippen LogP contribution in [0.25, 0.3) is 0 Å². The third-order valence-electron chi connectivity index (χ3n) is 7.82. The van der Waals surface area contributed by atoms with Crippen LogP contribution in [0.4, 0.5) is 5.69 Å². The second-order valence-electron chi connectivity index (χ2n) is 9.88. The molecule has 1 aromatic heterocycles. The molecule has 1 amide bonds. The second kappa shape index (κ2) is 6.69. The number of hydrogen-bond donors (Lipinski definition) is 2. The molecule has 5 unspecified atom stereocenters. The molecule has 3 aromatic rings. The van der Waals surface area contributed by atoms with Crippen LogP contribution in [0.15, 0.2) is 54.9 Å². The minimum absolute atomic E-state index is 0.0405. The highest BCUT2D eigenvalue weighted by molar-refractivity contribution is 6.01. The van der Waals surface area contributed by atoms with Gasteiger partial charge in [-0.25, -0.2) is 4.98 Å². The molecule has 6 rings (SSSR count). The Labute approximate surface area is 188 Å². The molecule has 1 aliphatic carbocycles. The highest BCUT2D eigenvalue weighted by atomic mass is 16.1. The van der Waals surface area contributed by atoms with Crippen LogP contribution in [0.1, 0.15) is 51.8 Å². The monoisotopic (exact) mass is 427 g/mol. The molecule has 2 aromatic carbocycles. The minimum Gasteiger partial charge on any atom is -0.377 e. The third-order valence-corrected chi connectivity index (χ3v) is 7.82. The normalized spacial score (nSPS) is 29.7. The summed E-state index contributed by atoms with van der Waals surface area (Å²) in [4.78, 5) is 19.9. The van der Waals surface area contributed by atoms with Crippen molar-refractivity contribution in [2.45, 2.75) is 36.9 Å². The van der Waals surface area contributed by atoms with E-state index in [9.17, 15) is 4.79 Å². The highest BCUT2D eigenvalue weighted by Gasteiger charge is 2.74. The van der Waals surface area contributed by atoms with Crippen LogP contribution in [-0.2, 0) is 19.0 Å². The molecule has 6 heteroatoms. The lowest BCUT2D eigenvalue weighted by molar-refractivity contribution is 0.0933. The van der Waals surface area contributed by atoms with Crippen LogP contribution in [0, 0.1) is 5.92 Å². The molecule has 2 N–H and O–H groups in total. The molecule has 0 radical (unpaired) electrons. The van der Waals surface area contributed by atoms with Gasteiger partial charge in [-0.3, -0.25) is 4.79 Å². The molecule has 3 aliphatic rings. The molecule has 5 atom stereocenters. The fraction of sp³-hybridized carbons (Fsp3) is 0.385.